The molecule has 0 aromatic heterocycles. The Morgan fingerprint density at radius 1 is 1.04 bits per heavy atom. The summed E-state index contributed by atoms with van der Waals surface area (Å²) in [5, 5.41) is 6.57. The van der Waals surface area contributed by atoms with Crippen molar-refractivity contribution in [1.29, 1.82) is 0 Å². The summed E-state index contributed by atoms with van der Waals surface area (Å²) in [6.07, 6.45) is 1.07. The van der Waals surface area contributed by atoms with Crippen LogP contribution in [-0.2, 0) is 16.4 Å². The number of halogens is 2. The Morgan fingerprint density at radius 2 is 1.75 bits per heavy atom. The molecular formula is C19H23Cl2N3O3S. The first-order chi connectivity index (χ1) is 13.3. The van der Waals surface area contributed by atoms with Gasteiger partial charge in [-0.05, 0) is 62.3 Å². The second kappa shape index (κ2) is 10.7. The van der Waals surface area contributed by atoms with Crippen LogP contribution in [0.3, 0.4) is 0 Å². The van der Waals surface area contributed by atoms with Crippen molar-refractivity contribution in [2.24, 2.45) is 0 Å². The molecule has 0 aliphatic rings. The van der Waals surface area contributed by atoms with Crippen LogP contribution in [-0.4, -0.2) is 40.2 Å². The number of nitrogens with one attached hydrogen (secondary N) is 3. The van der Waals surface area contributed by atoms with Gasteiger partial charge in [0.25, 0.3) is 5.91 Å². The average molecular weight is 444 g/mol. The Balaban J connectivity index is 1.91. The van der Waals surface area contributed by atoms with Crippen LogP contribution in [0.4, 0.5) is 5.69 Å². The van der Waals surface area contributed by atoms with Crippen LogP contribution in [0.5, 0.6) is 0 Å². The van der Waals surface area contributed by atoms with Crippen LogP contribution in [0.1, 0.15) is 22.3 Å². The third kappa shape index (κ3) is 6.98. The van der Waals surface area contributed by atoms with E-state index in [0.717, 1.165) is 13.0 Å². The lowest BCUT2D eigenvalue weighted by molar-refractivity contribution is 0.0953. The van der Waals surface area contributed by atoms with E-state index in [-0.39, 0.29) is 18.1 Å². The van der Waals surface area contributed by atoms with Gasteiger partial charge in [-0.15, -0.1) is 0 Å². The Bertz CT molecular complexity index is 903. The van der Waals surface area contributed by atoms with E-state index >= 15 is 0 Å². The molecule has 0 aliphatic carbocycles. The smallest absolute Gasteiger partial charge is 0.251 e. The van der Waals surface area contributed by atoms with Crippen molar-refractivity contribution in [2.45, 2.75) is 12.8 Å². The van der Waals surface area contributed by atoms with Crippen LogP contribution in [0.15, 0.2) is 42.5 Å². The summed E-state index contributed by atoms with van der Waals surface area (Å²) in [6.45, 7) is 1.39. The van der Waals surface area contributed by atoms with Crippen molar-refractivity contribution in [3.8, 4) is 0 Å². The molecule has 6 nitrogen and oxygen atoms in total. The van der Waals surface area contributed by atoms with Crippen molar-refractivity contribution in [2.75, 3.05) is 30.6 Å². The quantitative estimate of drug-likeness (QED) is 0.491. The lowest BCUT2D eigenvalue weighted by Gasteiger charge is -2.10. The maximum absolute atomic E-state index is 12.3. The fraction of sp³-hybridized carbons (Fsp3) is 0.316. The molecular weight excluding hydrogens is 421 g/mol. The first kappa shape index (κ1) is 22.5. The zero-order valence-corrected chi connectivity index (χ0v) is 17.8. The van der Waals surface area contributed by atoms with Crippen molar-refractivity contribution in [1.82, 2.24) is 10.6 Å². The predicted molar refractivity (Wildman–Crippen MR) is 115 cm³/mol. The second-order valence-corrected chi connectivity index (χ2v) is 8.80. The van der Waals surface area contributed by atoms with E-state index in [9.17, 15) is 13.2 Å². The average Bonchev–Trinajstić information content (AvgIpc) is 2.66. The molecule has 0 saturated heterocycles. The first-order valence-corrected chi connectivity index (χ1v) is 11.2. The van der Waals surface area contributed by atoms with Crippen LogP contribution < -0.4 is 15.4 Å². The number of anilines is 1. The van der Waals surface area contributed by atoms with Gasteiger partial charge in [0.2, 0.25) is 10.0 Å². The molecule has 0 unspecified atom stereocenters. The fourth-order valence-corrected chi connectivity index (χ4v) is 3.98. The molecule has 0 spiro atoms. The van der Waals surface area contributed by atoms with Gasteiger partial charge in [-0.25, -0.2) is 8.42 Å². The van der Waals surface area contributed by atoms with Crippen LogP contribution in [0.25, 0.3) is 0 Å². The van der Waals surface area contributed by atoms with Gasteiger partial charge in [-0.2, -0.15) is 0 Å². The molecule has 9 heteroatoms. The van der Waals surface area contributed by atoms with Crippen LogP contribution in [0, 0.1) is 0 Å². The Hall–Kier alpha value is -1.80. The number of carbonyl (C=O) groups excluding carboxylic acids is 1. The maximum Gasteiger partial charge on any atom is 0.251 e. The zero-order chi connectivity index (χ0) is 20.6. The summed E-state index contributed by atoms with van der Waals surface area (Å²) in [4.78, 5) is 12.0. The SMILES string of the molecule is CNCCCNC(=O)c1ccc(NS(=O)(=O)CCc2cccc(Cl)c2Cl)cc1. The Morgan fingerprint density at radius 3 is 2.43 bits per heavy atom. The topological polar surface area (TPSA) is 87.3 Å². The number of sulfonamides is 1. The number of benzene rings is 2. The van der Waals surface area contributed by atoms with E-state index in [1.807, 2.05) is 7.05 Å². The normalized spacial score (nSPS) is 11.2. The van der Waals surface area contributed by atoms with Gasteiger partial charge in [0.05, 0.1) is 15.8 Å². The summed E-state index contributed by atoms with van der Waals surface area (Å²) in [6, 6.07) is 11.4. The number of aryl methyl sites for hydroxylation is 1. The molecule has 2 aromatic rings. The molecule has 0 heterocycles. The maximum atomic E-state index is 12.3. The summed E-state index contributed by atoms with van der Waals surface area (Å²) < 4.78 is 27.1. The highest BCUT2D eigenvalue weighted by Gasteiger charge is 2.14. The highest BCUT2D eigenvalue weighted by molar-refractivity contribution is 7.92. The van der Waals surface area contributed by atoms with Gasteiger partial charge in [-0.1, -0.05) is 35.3 Å². The second-order valence-electron chi connectivity index (χ2n) is 6.17. The number of amides is 1. The van der Waals surface area contributed by atoms with E-state index in [1.54, 1.807) is 42.5 Å². The van der Waals surface area contributed by atoms with E-state index in [2.05, 4.69) is 15.4 Å². The number of carbonyl (C=O) groups is 1. The van der Waals surface area contributed by atoms with Crippen LogP contribution >= 0.6 is 23.2 Å². The Labute approximate surface area is 175 Å². The van der Waals surface area contributed by atoms with Crippen LogP contribution in [0.2, 0.25) is 10.0 Å². The van der Waals surface area contributed by atoms with Gasteiger partial charge in [0, 0.05) is 17.8 Å². The molecule has 0 fully saturated rings. The van der Waals surface area contributed by atoms with Gasteiger partial charge in [0.1, 0.15) is 0 Å². The van der Waals surface area contributed by atoms with Gasteiger partial charge < -0.3 is 10.6 Å². The molecule has 28 heavy (non-hydrogen) atoms. The fourth-order valence-electron chi connectivity index (χ4n) is 2.48. The molecule has 3 N–H and O–H groups in total. The largest absolute Gasteiger partial charge is 0.352 e. The van der Waals surface area contributed by atoms with Gasteiger partial charge in [0.15, 0.2) is 0 Å². The molecule has 0 radical (unpaired) electrons. The predicted octanol–water partition coefficient (Wildman–Crippen LogP) is 3.32. The third-order valence-electron chi connectivity index (χ3n) is 3.98. The standard InChI is InChI=1S/C19H23Cl2N3O3S/c1-22-11-3-12-23-19(25)15-6-8-16(9-7-15)24-28(26,27)13-10-14-4-2-5-17(20)18(14)21/h2,4-9,22,24H,3,10-13H2,1H3,(H,23,25). The molecule has 2 rings (SSSR count). The molecule has 0 aliphatic heterocycles. The zero-order valence-electron chi connectivity index (χ0n) is 15.5. The first-order valence-electron chi connectivity index (χ1n) is 8.78. The molecule has 2 aromatic carbocycles. The number of hydrogen-bond donors (Lipinski definition) is 3. The number of hydrogen-bond acceptors (Lipinski definition) is 4. The summed E-state index contributed by atoms with van der Waals surface area (Å²) in [7, 11) is -1.72. The van der Waals surface area contributed by atoms with Crippen molar-refractivity contribution >= 4 is 44.8 Å². The summed E-state index contributed by atoms with van der Waals surface area (Å²) in [5.74, 6) is -0.332. The lowest BCUT2D eigenvalue weighted by atomic mass is 10.2. The molecule has 0 atom stereocenters. The highest BCUT2D eigenvalue weighted by atomic mass is 35.5. The van der Waals surface area contributed by atoms with E-state index in [1.165, 1.54) is 0 Å². The van der Waals surface area contributed by atoms with Crippen molar-refractivity contribution in [3.05, 3.63) is 63.6 Å². The monoisotopic (exact) mass is 443 g/mol. The third-order valence-corrected chi connectivity index (χ3v) is 6.13. The van der Waals surface area contributed by atoms with Crippen molar-refractivity contribution in [3.63, 3.8) is 0 Å². The van der Waals surface area contributed by atoms with Crippen molar-refractivity contribution < 1.29 is 13.2 Å². The lowest BCUT2D eigenvalue weighted by Crippen LogP contribution is -2.26. The minimum atomic E-state index is -3.58. The summed E-state index contributed by atoms with van der Waals surface area (Å²) in [5.41, 5.74) is 1.53. The molecule has 0 bridgehead atoms. The van der Waals surface area contributed by atoms with E-state index in [0.29, 0.717) is 33.4 Å². The van der Waals surface area contributed by atoms with Gasteiger partial charge >= 0.3 is 0 Å². The minimum absolute atomic E-state index is 0.138. The van der Waals surface area contributed by atoms with E-state index < -0.39 is 10.0 Å². The minimum Gasteiger partial charge on any atom is -0.352 e. The molecule has 152 valence electrons. The van der Waals surface area contributed by atoms with E-state index in [4.69, 9.17) is 23.2 Å². The number of rotatable bonds is 10. The molecule has 0 saturated carbocycles. The molecule has 1 amide bonds. The highest BCUT2D eigenvalue weighted by Crippen LogP contribution is 2.26. The Kier molecular flexibility index (Phi) is 8.57. The summed E-state index contributed by atoms with van der Waals surface area (Å²) >= 11 is 12.0. The van der Waals surface area contributed by atoms with Gasteiger partial charge in [-0.3, -0.25) is 9.52 Å².